The first-order valence-corrected chi connectivity index (χ1v) is 6.96. The highest BCUT2D eigenvalue weighted by Crippen LogP contribution is 2.37. The van der Waals surface area contributed by atoms with Crippen LogP contribution in [0.3, 0.4) is 0 Å². The molecule has 2 fully saturated rings. The molecule has 0 bridgehead atoms. The van der Waals surface area contributed by atoms with Gasteiger partial charge in [-0.2, -0.15) is 0 Å². The Labute approximate surface area is 99.9 Å². The van der Waals surface area contributed by atoms with Crippen molar-refractivity contribution in [2.45, 2.75) is 58.6 Å². The van der Waals surface area contributed by atoms with Gasteiger partial charge in [0.25, 0.3) is 0 Å². The fourth-order valence-electron chi connectivity index (χ4n) is 3.42. The number of rotatable bonds is 2. The largest absolute Gasteiger partial charge is 0.376 e. The number of ether oxygens (including phenoxy) is 1. The highest BCUT2D eigenvalue weighted by Gasteiger charge is 2.37. The van der Waals surface area contributed by atoms with Crippen LogP contribution in [0.25, 0.3) is 0 Å². The lowest BCUT2D eigenvalue weighted by Gasteiger charge is -2.38. The van der Waals surface area contributed by atoms with Crippen LogP contribution in [0.1, 0.15) is 46.5 Å². The summed E-state index contributed by atoms with van der Waals surface area (Å²) in [5, 5.41) is 0. The third-order valence-corrected chi connectivity index (χ3v) is 5.01. The lowest BCUT2D eigenvalue weighted by molar-refractivity contribution is 0.0378. The Kier molecular flexibility index (Phi) is 3.91. The van der Waals surface area contributed by atoms with Gasteiger partial charge in [0.05, 0.1) is 6.10 Å². The minimum Gasteiger partial charge on any atom is -0.376 e. The average Bonchev–Trinajstić information content (AvgIpc) is 2.67. The molecule has 94 valence electrons. The van der Waals surface area contributed by atoms with E-state index in [-0.39, 0.29) is 6.04 Å². The zero-order valence-corrected chi connectivity index (χ0v) is 11.0. The summed E-state index contributed by atoms with van der Waals surface area (Å²) in [5.41, 5.74) is 6.43. The molecule has 6 unspecified atom stereocenters. The summed E-state index contributed by atoms with van der Waals surface area (Å²) in [6.45, 7) is 7.95. The van der Waals surface area contributed by atoms with Crippen LogP contribution >= 0.6 is 0 Å². The van der Waals surface area contributed by atoms with E-state index in [0.29, 0.717) is 17.9 Å². The van der Waals surface area contributed by atoms with Crippen LogP contribution in [-0.4, -0.2) is 18.8 Å². The molecule has 6 atom stereocenters. The van der Waals surface area contributed by atoms with Crippen LogP contribution in [0.2, 0.25) is 0 Å². The van der Waals surface area contributed by atoms with Crippen LogP contribution in [0, 0.1) is 23.7 Å². The second-order valence-electron chi connectivity index (χ2n) is 6.21. The fraction of sp³-hybridized carbons (Fsp3) is 1.00. The molecule has 0 aromatic heterocycles. The van der Waals surface area contributed by atoms with E-state index in [1.54, 1.807) is 0 Å². The monoisotopic (exact) mass is 225 g/mol. The highest BCUT2D eigenvalue weighted by molar-refractivity contribution is 4.90. The Hall–Kier alpha value is -0.0800. The van der Waals surface area contributed by atoms with Crippen molar-refractivity contribution in [2.75, 3.05) is 6.61 Å². The van der Waals surface area contributed by atoms with Gasteiger partial charge in [0.15, 0.2) is 0 Å². The van der Waals surface area contributed by atoms with Crippen molar-refractivity contribution in [3.05, 3.63) is 0 Å². The van der Waals surface area contributed by atoms with Crippen LogP contribution < -0.4 is 5.73 Å². The molecule has 0 amide bonds. The molecule has 2 heteroatoms. The van der Waals surface area contributed by atoms with Gasteiger partial charge in [-0.3, -0.25) is 0 Å². The SMILES string of the molecule is CC1CCC(C(N)C2OCCC2C)CC1C. The van der Waals surface area contributed by atoms with Crippen molar-refractivity contribution in [1.82, 2.24) is 0 Å². The van der Waals surface area contributed by atoms with E-state index in [9.17, 15) is 0 Å². The first-order chi connectivity index (χ1) is 7.59. The zero-order valence-electron chi connectivity index (χ0n) is 11.0. The molecule has 1 aliphatic carbocycles. The van der Waals surface area contributed by atoms with E-state index in [4.69, 9.17) is 10.5 Å². The van der Waals surface area contributed by atoms with Crippen molar-refractivity contribution in [3.63, 3.8) is 0 Å². The summed E-state index contributed by atoms with van der Waals surface area (Å²) < 4.78 is 5.82. The molecule has 0 aromatic rings. The second-order valence-corrected chi connectivity index (χ2v) is 6.21. The highest BCUT2D eigenvalue weighted by atomic mass is 16.5. The van der Waals surface area contributed by atoms with E-state index in [1.807, 2.05) is 0 Å². The molecule has 1 aliphatic heterocycles. The molecular weight excluding hydrogens is 198 g/mol. The van der Waals surface area contributed by atoms with Crippen molar-refractivity contribution >= 4 is 0 Å². The molecule has 2 nitrogen and oxygen atoms in total. The molecule has 1 saturated carbocycles. The molecule has 2 aliphatic rings. The van der Waals surface area contributed by atoms with Gasteiger partial charge < -0.3 is 10.5 Å². The second kappa shape index (κ2) is 5.05. The molecule has 16 heavy (non-hydrogen) atoms. The Morgan fingerprint density at radius 2 is 1.75 bits per heavy atom. The number of hydrogen-bond donors (Lipinski definition) is 1. The topological polar surface area (TPSA) is 35.2 Å². The van der Waals surface area contributed by atoms with Crippen molar-refractivity contribution < 1.29 is 4.74 Å². The summed E-state index contributed by atoms with van der Waals surface area (Å²) in [7, 11) is 0. The minimum absolute atomic E-state index is 0.271. The lowest BCUT2D eigenvalue weighted by Crippen LogP contribution is -2.45. The third kappa shape index (κ3) is 2.43. The number of hydrogen-bond acceptors (Lipinski definition) is 2. The van der Waals surface area contributed by atoms with E-state index in [2.05, 4.69) is 20.8 Å². The fourth-order valence-corrected chi connectivity index (χ4v) is 3.42. The van der Waals surface area contributed by atoms with E-state index in [0.717, 1.165) is 18.4 Å². The first-order valence-electron chi connectivity index (χ1n) is 6.96. The van der Waals surface area contributed by atoms with Crippen molar-refractivity contribution in [3.8, 4) is 0 Å². The number of nitrogens with two attached hydrogens (primary N) is 1. The molecule has 0 aromatic carbocycles. The Morgan fingerprint density at radius 3 is 2.31 bits per heavy atom. The Bertz CT molecular complexity index is 231. The summed E-state index contributed by atoms with van der Waals surface area (Å²) in [6.07, 6.45) is 5.47. The molecule has 0 radical (unpaired) electrons. The third-order valence-electron chi connectivity index (χ3n) is 5.01. The van der Waals surface area contributed by atoms with Gasteiger partial charge in [-0.05, 0) is 42.9 Å². The molecule has 1 heterocycles. The maximum absolute atomic E-state index is 6.43. The summed E-state index contributed by atoms with van der Waals surface area (Å²) in [5.74, 6) is 3.06. The van der Waals surface area contributed by atoms with Crippen LogP contribution in [0.4, 0.5) is 0 Å². The predicted octanol–water partition coefficient (Wildman–Crippen LogP) is 2.81. The Morgan fingerprint density at radius 1 is 1.00 bits per heavy atom. The summed E-state index contributed by atoms with van der Waals surface area (Å²) >= 11 is 0. The van der Waals surface area contributed by atoms with E-state index < -0.39 is 0 Å². The van der Waals surface area contributed by atoms with Gasteiger partial charge >= 0.3 is 0 Å². The molecule has 2 rings (SSSR count). The smallest absolute Gasteiger partial charge is 0.0754 e. The van der Waals surface area contributed by atoms with Gasteiger partial charge in [-0.25, -0.2) is 0 Å². The predicted molar refractivity (Wildman–Crippen MR) is 67.2 cm³/mol. The zero-order chi connectivity index (χ0) is 11.7. The van der Waals surface area contributed by atoms with Crippen molar-refractivity contribution in [1.29, 1.82) is 0 Å². The maximum Gasteiger partial charge on any atom is 0.0754 e. The van der Waals surface area contributed by atoms with Gasteiger partial charge in [-0.1, -0.05) is 27.2 Å². The van der Waals surface area contributed by atoms with Crippen LogP contribution in [-0.2, 0) is 4.74 Å². The lowest BCUT2D eigenvalue weighted by atomic mass is 9.71. The van der Waals surface area contributed by atoms with E-state index in [1.165, 1.54) is 25.7 Å². The Balaban J connectivity index is 1.92. The quantitative estimate of drug-likeness (QED) is 0.784. The molecule has 2 N–H and O–H groups in total. The van der Waals surface area contributed by atoms with Crippen molar-refractivity contribution in [2.24, 2.45) is 29.4 Å². The first kappa shape index (κ1) is 12.4. The van der Waals surface area contributed by atoms with E-state index >= 15 is 0 Å². The van der Waals surface area contributed by atoms with Gasteiger partial charge in [0.2, 0.25) is 0 Å². The normalized spacial score (nSPS) is 46.9. The van der Waals surface area contributed by atoms with Gasteiger partial charge in [0.1, 0.15) is 0 Å². The molecule has 1 saturated heterocycles. The molecular formula is C14H27NO. The minimum atomic E-state index is 0.271. The van der Waals surface area contributed by atoms with Crippen LogP contribution in [0.15, 0.2) is 0 Å². The standard InChI is InChI=1S/C14H27NO/c1-9-4-5-12(8-11(9)3)13(15)14-10(2)6-7-16-14/h9-14H,4-8,15H2,1-3H3. The molecule has 0 spiro atoms. The summed E-state index contributed by atoms with van der Waals surface area (Å²) in [6, 6.07) is 0.271. The summed E-state index contributed by atoms with van der Waals surface area (Å²) in [4.78, 5) is 0. The maximum atomic E-state index is 6.43. The van der Waals surface area contributed by atoms with Gasteiger partial charge in [-0.15, -0.1) is 0 Å². The van der Waals surface area contributed by atoms with Gasteiger partial charge in [0, 0.05) is 12.6 Å². The van der Waals surface area contributed by atoms with Crippen LogP contribution in [0.5, 0.6) is 0 Å². The average molecular weight is 225 g/mol.